The van der Waals surface area contributed by atoms with E-state index in [1.165, 1.54) is 16.7 Å². The van der Waals surface area contributed by atoms with Crippen molar-refractivity contribution in [1.29, 1.82) is 0 Å². The third kappa shape index (κ3) is 6.12. The monoisotopic (exact) mass is 495 g/mol. The first-order valence-corrected chi connectivity index (χ1v) is 12.3. The van der Waals surface area contributed by atoms with Crippen LogP contribution in [0.5, 0.6) is 0 Å². The maximum absolute atomic E-state index is 13.1. The first-order valence-electron chi connectivity index (χ1n) is 12.3. The Morgan fingerprint density at radius 2 is 1.78 bits per heavy atom. The third-order valence-corrected chi connectivity index (χ3v) is 6.64. The number of carbonyl (C=O) groups is 4. The van der Waals surface area contributed by atoms with Crippen molar-refractivity contribution in [2.24, 2.45) is 0 Å². The molecule has 2 aliphatic heterocycles. The minimum atomic E-state index is -0.858. The van der Waals surface area contributed by atoms with Crippen LogP contribution in [0.2, 0.25) is 0 Å². The summed E-state index contributed by atoms with van der Waals surface area (Å²) in [5, 5.41) is 5.59. The quantitative estimate of drug-likeness (QED) is 0.602. The van der Waals surface area contributed by atoms with Crippen molar-refractivity contribution < 1.29 is 23.6 Å². The predicted molar refractivity (Wildman–Crippen MR) is 133 cm³/mol. The summed E-state index contributed by atoms with van der Waals surface area (Å²) in [4.78, 5) is 56.1. The normalized spacial score (nSPS) is 18.8. The van der Waals surface area contributed by atoms with Crippen LogP contribution in [0, 0.1) is 0 Å². The van der Waals surface area contributed by atoms with Crippen molar-refractivity contribution in [2.45, 2.75) is 32.2 Å². The first kappa shape index (κ1) is 25.4. The minimum Gasteiger partial charge on any atom is -0.459 e. The maximum Gasteiger partial charge on any atom is 0.289 e. The van der Waals surface area contributed by atoms with Crippen LogP contribution in [-0.2, 0) is 14.4 Å². The predicted octanol–water partition coefficient (Wildman–Crippen LogP) is 1.52. The number of carbonyl (C=O) groups excluding carboxylic acids is 4. The summed E-state index contributed by atoms with van der Waals surface area (Å²) in [6.45, 7) is 7.07. The molecule has 3 heterocycles. The largest absolute Gasteiger partial charge is 0.459 e. The van der Waals surface area contributed by atoms with Crippen LogP contribution in [-0.4, -0.2) is 90.2 Å². The van der Waals surface area contributed by atoms with Crippen molar-refractivity contribution in [1.82, 2.24) is 20.0 Å². The van der Waals surface area contributed by atoms with Gasteiger partial charge in [-0.05, 0) is 35.7 Å². The van der Waals surface area contributed by atoms with Crippen molar-refractivity contribution in [2.75, 3.05) is 51.1 Å². The Balaban J connectivity index is 1.30. The van der Waals surface area contributed by atoms with E-state index in [9.17, 15) is 19.2 Å². The van der Waals surface area contributed by atoms with E-state index >= 15 is 0 Å². The SMILES string of the molecule is CC(C)c1ccc(NC(=O)C[C@H]2C(=O)NCCN2C(=O)CN2CCN(C(=O)c3ccco3)CC2)cc1. The lowest BCUT2D eigenvalue weighted by Gasteiger charge is -2.38. The molecule has 192 valence electrons. The Morgan fingerprint density at radius 3 is 2.42 bits per heavy atom. The minimum absolute atomic E-state index is 0.116. The number of amides is 4. The highest BCUT2D eigenvalue weighted by Crippen LogP contribution is 2.18. The Labute approximate surface area is 210 Å². The number of hydrogen-bond donors (Lipinski definition) is 2. The second-order valence-corrected chi connectivity index (χ2v) is 9.47. The Morgan fingerprint density at radius 1 is 1.06 bits per heavy atom. The van der Waals surface area contributed by atoms with Gasteiger partial charge < -0.3 is 24.9 Å². The molecule has 2 aromatic rings. The van der Waals surface area contributed by atoms with Crippen molar-refractivity contribution in [3.8, 4) is 0 Å². The van der Waals surface area contributed by atoms with Gasteiger partial charge in [0.1, 0.15) is 6.04 Å². The molecule has 10 heteroatoms. The van der Waals surface area contributed by atoms with E-state index < -0.39 is 6.04 Å². The summed E-state index contributed by atoms with van der Waals surface area (Å²) in [5.74, 6) is -0.320. The Hall–Kier alpha value is -3.66. The lowest BCUT2D eigenvalue weighted by Crippen LogP contribution is -2.60. The van der Waals surface area contributed by atoms with Gasteiger partial charge in [-0.15, -0.1) is 0 Å². The van der Waals surface area contributed by atoms with Gasteiger partial charge in [-0.3, -0.25) is 24.1 Å². The van der Waals surface area contributed by atoms with E-state index in [0.717, 1.165) is 0 Å². The van der Waals surface area contributed by atoms with E-state index in [2.05, 4.69) is 24.5 Å². The van der Waals surface area contributed by atoms with E-state index in [1.54, 1.807) is 17.0 Å². The molecule has 0 spiro atoms. The molecule has 4 amide bonds. The van der Waals surface area contributed by atoms with Crippen molar-refractivity contribution in [3.63, 3.8) is 0 Å². The highest BCUT2D eigenvalue weighted by Gasteiger charge is 2.35. The molecule has 36 heavy (non-hydrogen) atoms. The average molecular weight is 496 g/mol. The average Bonchev–Trinajstić information content (AvgIpc) is 3.41. The third-order valence-electron chi connectivity index (χ3n) is 6.64. The fourth-order valence-electron chi connectivity index (χ4n) is 4.50. The number of nitrogens with one attached hydrogen (secondary N) is 2. The zero-order valence-electron chi connectivity index (χ0n) is 20.7. The number of benzene rings is 1. The Kier molecular flexibility index (Phi) is 8.04. The van der Waals surface area contributed by atoms with Crippen molar-refractivity contribution >= 4 is 29.3 Å². The summed E-state index contributed by atoms with van der Waals surface area (Å²) in [6, 6.07) is 10.1. The smallest absolute Gasteiger partial charge is 0.289 e. The fourth-order valence-corrected chi connectivity index (χ4v) is 4.50. The van der Waals surface area contributed by atoms with Crippen molar-refractivity contribution in [3.05, 3.63) is 54.0 Å². The number of furan rings is 1. The molecule has 1 aromatic carbocycles. The van der Waals surface area contributed by atoms with Gasteiger partial charge in [0, 0.05) is 45.0 Å². The van der Waals surface area contributed by atoms with Gasteiger partial charge in [-0.1, -0.05) is 26.0 Å². The Bertz CT molecular complexity index is 1070. The van der Waals surface area contributed by atoms with Gasteiger partial charge in [0.05, 0.1) is 19.2 Å². The standard InChI is InChI=1S/C26H33N5O5/c1-18(2)19-5-7-20(8-6-19)28-23(32)16-21-25(34)27-9-10-31(21)24(33)17-29-11-13-30(14-12-29)26(35)22-4-3-15-36-22/h3-8,15,18,21H,9-14,16-17H2,1-2H3,(H,27,34)(H,28,32)/t21-/m0/s1. The maximum atomic E-state index is 13.1. The van der Waals surface area contributed by atoms with Gasteiger partial charge in [0.15, 0.2) is 5.76 Å². The zero-order valence-corrected chi connectivity index (χ0v) is 20.7. The molecule has 0 aliphatic carbocycles. The van der Waals surface area contributed by atoms with Crippen LogP contribution in [0.15, 0.2) is 47.1 Å². The number of hydrogen-bond acceptors (Lipinski definition) is 6. The lowest BCUT2D eigenvalue weighted by molar-refractivity contribution is -0.145. The van der Waals surface area contributed by atoms with Crippen LogP contribution < -0.4 is 10.6 Å². The van der Waals surface area contributed by atoms with Gasteiger partial charge in [-0.2, -0.15) is 0 Å². The van der Waals surface area contributed by atoms with Gasteiger partial charge in [0.2, 0.25) is 17.7 Å². The van der Waals surface area contributed by atoms with Crippen LogP contribution in [0.4, 0.5) is 5.69 Å². The molecule has 0 radical (unpaired) electrons. The lowest BCUT2D eigenvalue weighted by atomic mass is 10.0. The van der Waals surface area contributed by atoms with E-state index in [4.69, 9.17) is 4.42 Å². The first-order chi connectivity index (χ1) is 17.3. The molecule has 2 aliphatic rings. The van der Waals surface area contributed by atoms with Crippen LogP contribution in [0.3, 0.4) is 0 Å². The molecular weight excluding hydrogens is 462 g/mol. The second-order valence-electron chi connectivity index (χ2n) is 9.47. The highest BCUT2D eigenvalue weighted by atomic mass is 16.3. The van der Waals surface area contributed by atoms with E-state index in [-0.39, 0.29) is 36.6 Å². The topological polar surface area (TPSA) is 115 Å². The second kappa shape index (κ2) is 11.4. The molecule has 2 saturated heterocycles. The molecule has 0 unspecified atom stereocenters. The van der Waals surface area contributed by atoms with Crippen LogP contribution in [0.25, 0.3) is 0 Å². The van der Waals surface area contributed by atoms with Gasteiger partial charge >= 0.3 is 0 Å². The molecule has 1 atom stereocenters. The molecule has 0 bridgehead atoms. The van der Waals surface area contributed by atoms with Gasteiger partial charge in [0.25, 0.3) is 5.91 Å². The van der Waals surface area contributed by atoms with E-state index in [1.807, 2.05) is 29.2 Å². The summed E-state index contributed by atoms with van der Waals surface area (Å²) in [5.41, 5.74) is 1.82. The fraction of sp³-hybridized carbons (Fsp3) is 0.462. The van der Waals surface area contributed by atoms with Gasteiger partial charge in [-0.25, -0.2) is 0 Å². The zero-order chi connectivity index (χ0) is 25.7. The summed E-state index contributed by atoms with van der Waals surface area (Å²) < 4.78 is 5.19. The summed E-state index contributed by atoms with van der Waals surface area (Å²) >= 11 is 0. The van der Waals surface area contributed by atoms with E-state index in [0.29, 0.717) is 56.6 Å². The number of nitrogens with zero attached hydrogens (tertiary/aromatic N) is 3. The number of piperazine rings is 2. The molecular formula is C26H33N5O5. The molecule has 1 aromatic heterocycles. The summed E-state index contributed by atoms with van der Waals surface area (Å²) in [6.07, 6.45) is 1.35. The molecule has 2 fully saturated rings. The van der Waals surface area contributed by atoms with Crippen LogP contribution >= 0.6 is 0 Å². The number of anilines is 1. The van der Waals surface area contributed by atoms with Crippen LogP contribution in [0.1, 0.15) is 42.3 Å². The molecule has 4 rings (SSSR count). The molecule has 0 saturated carbocycles. The molecule has 10 nitrogen and oxygen atoms in total. The number of rotatable bonds is 7. The molecule has 2 N–H and O–H groups in total. The highest BCUT2D eigenvalue weighted by molar-refractivity contribution is 5.97. The summed E-state index contributed by atoms with van der Waals surface area (Å²) in [7, 11) is 0.